The summed E-state index contributed by atoms with van der Waals surface area (Å²) < 4.78 is 23.3. The van der Waals surface area contributed by atoms with E-state index >= 15 is 0 Å². The molecule has 2 bridgehead atoms. The lowest BCUT2D eigenvalue weighted by atomic mass is 9.71. The number of benzene rings is 2. The number of carbonyl (C=O) groups is 2. The maximum absolute atomic E-state index is 12.5. The second-order valence-electron chi connectivity index (χ2n) is 12.0. The van der Waals surface area contributed by atoms with Gasteiger partial charge in [0.25, 0.3) is 6.47 Å². The lowest BCUT2D eigenvalue weighted by Gasteiger charge is -2.61. The number of likely N-dealkylation sites (N-methyl/N-ethyl adjacent to an activating group) is 1. The maximum Gasteiger partial charge on any atom is 0.308 e. The summed E-state index contributed by atoms with van der Waals surface area (Å²) in [4.78, 5) is 28.3. The number of esters is 1. The van der Waals surface area contributed by atoms with Crippen LogP contribution in [0.3, 0.4) is 0 Å². The number of phenols is 2. The molecule has 4 aliphatic rings. The Hall–Kier alpha value is -3.70. The normalized spacial score (nSPS) is 27.4. The molecule has 0 saturated carbocycles. The van der Waals surface area contributed by atoms with Crippen molar-refractivity contribution >= 4 is 24.2 Å². The molecular weight excluding hydrogens is 588 g/mol. The first-order valence-corrected chi connectivity index (χ1v) is 15.6. The summed E-state index contributed by atoms with van der Waals surface area (Å²) >= 11 is 1.56. The molecule has 1 fully saturated rings. The number of ether oxygens (including phenoxy) is 4. The van der Waals surface area contributed by atoms with Crippen LogP contribution in [-0.2, 0) is 20.7 Å². The minimum Gasteiger partial charge on any atom is -0.504 e. The van der Waals surface area contributed by atoms with Gasteiger partial charge in [0.05, 0.1) is 23.4 Å². The van der Waals surface area contributed by atoms with E-state index < -0.39 is 35.4 Å². The van der Waals surface area contributed by atoms with Crippen molar-refractivity contribution in [1.82, 2.24) is 9.80 Å². The average molecular weight is 625 g/mol. The van der Waals surface area contributed by atoms with Gasteiger partial charge in [-0.3, -0.25) is 19.4 Å². The minimum absolute atomic E-state index is 0.0516. The molecule has 44 heavy (non-hydrogen) atoms. The number of aromatic hydroxyl groups is 2. The Bertz CT molecular complexity index is 1580. The van der Waals surface area contributed by atoms with Crippen molar-refractivity contribution in [2.75, 3.05) is 26.2 Å². The van der Waals surface area contributed by atoms with Crippen LogP contribution in [0, 0.1) is 25.2 Å². The molecule has 1 saturated heterocycles. The van der Waals surface area contributed by atoms with E-state index in [1.807, 2.05) is 20.0 Å². The van der Waals surface area contributed by atoms with Gasteiger partial charge < -0.3 is 34.9 Å². The largest absolute Gasteiger partial charge is 0.504 e. The van der Waals surface area contributed by atoms with Gasteiger partial charge in [-0.2, -0.15) is 17.0 Å². The second-order valence-corrected chi connectivity index (χ2v) is 13.1. The number of thioether (sulfide) groups is 1. The van der Waals surface area contributed by atoms with Gasteiger partial charge in [0.15, 0.2) is 23.0 Å². The summed E-state index contributed by atoms with van der Waals surface area (Å²) in [5, 5.41) is 32.7. The molecule has 0 aromatic heterocycles. The van der Waals surface area contributed by atoms with Crippen molar-refractivity contribution in [3.8, 4) is 34.8 Å². The van der Waals surface area contributed by atoms with Gasteiger partial charge in [0, 0.05) is 53.1 Å². The van der Waals surface area contributed by atoms with E-state index in [4.69, 9.17) is 24.7 Å². The van der Waals surface area contributed by atoms with E-state index in [1.54, 1.807) is 25.6 Å². The van der Waals surface area contributed by atoms with Crippen LogP contribution >= 0.6 is 11.8 Å². The van der Waals surface area contributed by atoms with E-state index in [0.717, 1.165) is 5.56 Å². The Morgan fingerprint density at radius 3 is 2.64 bits per heavy atom. The monoisotopic (exact) mass is 624 g/mol. The van der Waals surface area contributed by atoms with Crippen molar-refractivity contribution < 1.29 is 38.7 Å². The van der Waals surface area contributed by atoms with E-state index in [2.05, 4.69) is 15.9 Å². The van der Waals surface area contributed by atoms with Gasteiger partial charge in [-0.15, -0.1) is 0 Å². The zero-order chi connectivity index (χ0) is 31.6. The third kappa shape index (κ3) is 4.46. The fraction of sp³-hybridized carbons (Fsp3) is 0.516. The highest BCUT2D eigenvalue weighted by atomic mass is 32.2. The quantitative estimate of drug-likeness (QED) is 0.178. The van der Waals surface area contributed by atoms with Crippen molar-refractivity contribution in [3.63, 3.8) is 0 Å². The predicted octanol–water partition coefficient (Wildman–Crippen LogP) is 2.89. The summed E-state index contributed by atoms with van der Waals surface area (Å²) in [6.45, 7) is 6.96. The predicted molar refractivity (Wildman–Crippen MR) is 160 cm³/mol. The minimum atomic E-state index is -0.691. The highest BCUT2D eigenvalue weighted by Gasteiger charge is 2.60. The Labute approximate surface area is 259 Å². The molecule has 0 radical (unpaired) electrons. The molecule has 1 unspecified atom stereocenters. The van der Waals surface area contributed by atoms with Crippen LogP contribution in [0.4, 0.5) is 0 Å². The number of nitrogens with zero attached hydrogens (tertiary/aromatic N) is 3. The zero-order valence-corrected chi connectivity index (χ0v) is 26.0. The van der Waals surface area contributed by atoms with Gasteiger partial charge in [-0.05, 0) is 45.4 Å². The number of rotatable bonds is 7. The smallest absolute Gasteiger partial charge is 0.308 e. The number of piperazine rings is 1. The molecule has 0 amide bonds. The zero-order valence-electron chi connectivity index (χ0n) is 25.2. The van der Waals surface area contributed by atoms with Crippen molar-refractivity contribution in [3.05, 3.63) is 39.4 Å². The number of hydrogen-bond acceptors (Lipinski definition) is 13. The van der Waals surface area contributed by atoms with E-state index in [1.165, 1.54) is 6.92 Å². The Morgan fingerprint density at radius 2 is 1.98 bits per heavy atom. The van der Waals surface area contributed by atoms with Gasteiger partial charge >= 0.3 is 5.97 Å². The average Bonchev–Trinajstić information content (AvgIpc) is 3.46. The molecule has 4 N–H and O–H groups in total. The Kier molecular flexibility index (Phi) is 7.82. The van der Waals surface area contributed by atoms with Crippen molar-refractivity contribution in [1.29, 1.82) is 5.26 Å². The molecule has 2 aromatic rings. The van der Waals surface area contributed by atoms with Crippen molar-refractivity contribution in [2.24, 2.45) is 5.73 Å². The lowest BCUT2D eigenvalue weighted by Crippen LogP contribution is -2.69. The van der Waals surface area contributed by atoms with Crippen LogP contribution in [0.5, 0.6) is 28.7 Å². The molecule has 0 aliphatic carbocycles. The third-order valence-corrected chi connectivity index (χ3v) is 10.8. The van der Waals surface area contributed by atoms with Crippen LogP contribution in [0.25, 0.3) is 0 Å². The molecule has 6 rings (SSSR count). The Balaban J connectivity index is 1.70. The molecule has 4 heterocycles. The van der Waals surface area contributed by atoms with E-state index in [0.29, 0.717) is 63.7 Å². The fourth-order valence-corrected chi connectivity index (χ4v) is 8.97. The second kappa shape index (κ2) is 11.3. The molecule has 13 heteroatoms. The topological polar surface area (TPSA) is 168 Å². The first-order chi connectivity index (χ1) is 21.0. The number of nitriles is 1. The Morgan fingerprint density at radius 1 is 1.25 bits per heavy atom. The van der Waals surface area contributed by atoms with Crippen LogP contribution in [-0.4, -0.2) is 82.8 Å². The molecule has 7 atom stereocenters. The number of fused-ring (bicyclic) bond motifs is 9. The van der Waals surface area contributed by atoms with Crippen molar-refractivity contribution in [2.45, 2.75) is 75.6 Å². The number of nitrogens with two attached hydrogens (primary N) is 1. The SMILES string of the molecule is CC(=O)Oc1c(C)c2c(c3c1[C@@H](SC[C@@H](C)N)C1[C@@H]4c5c(cc(C)c(O)c5O)C[C@H]([C@H](C#N)N1[C@H]3COC=O)N4C)OCO2. The number of carbonyl (C=O) groups excluding carboxylic acids is 2. The first kappa shape index (κ1) is 30.3. The molecule has 0 spiro atoms. The standard InChI is InChI=1S/C31H36N4O8S/c1-13-6-17-7-18-19(8-32)35-20(9-40-11-36)22-23(28(43-16(4)37)15(3)29-30(22)42-12-41-29)31(44-10-14(2)33)25(35)24(34(18)5)21(17)27(39)26(13)38/h6,11,14,18-20,24-25,31,38-39H,7,9-10,12,33H2,1-5H3/t14-,18-,19+,20+,24+,25?,31-/m1/s1. The van der Waals surface area contributed by atoms with Crippen LogP contribution < -0.4 is 19.9 Å². The lowest BCUT2D eigenvalue weighted by molar-refractivity contribution is -0.134. The summed E-state index contributed by atoms with van der Waals surface area (Å²) in [5.74, 6) is 0.805. The number of aryl methyl sites for hydroxylation is 1. The molecule has 4 aliphatic heterocycles. The van der Waals surface area contributed by atoms with Crippen LogP contribution in [0.15, 0.2) is 6.07 Å². The maximum atomic E-state index is 12.5. The number of hydrogen-bond donors (Lipinski definition) is 3. The fourth-order valence-electron chi connectivity index (χ4n) is 7.57. The summed E-state index contributed by atoms with van der Waals surface area (Å²) in [6.07, 6.45) is 0.453. The third-order valence-electron chi connectivity index (χ3n) is 9.23. The molecule has 12 nitrogen and oxygen atoms in total. The molecular formula is C31H36N4O8S. The highest BCUT2D eigenvalue weighted by molar-refractivity contribution is 7.99. The van der Waals surface area contributed by atoms with E-state index in [-0.39, 0.29) is 37.0 Å². The number of phenolic OH excluding ortho intramolecular Hbond substituents is 2. The molecule has 234 valence electrons. The summed E-state index contributed by atoms with van der Waals surface area (Å²) in [7, 11) is 1.92. The first-order valence-electron chi connectivity index (χ1n) is 14.5. The van der Waals surface area contributed by atoms with Crippen LogP contribution in [0.2, 0.25) is 0 Å². The summed E-state index contributed by atoms with van der Waals surface area (Å²) in [6, 6.07) is 1.54. The van der Waals surface area contributed by atoms with Crippen LogP contribution in [0.1, 0.15) is 64.6 Å². The molecule has 2 aromatic carbocycles. The summed E-state index contributed by atoms with van der Waals surface area (Å²) in [5.41, 5.74) is 10.1. The van der Waals surface area contributed by atoms with Gasteiger partial charge in [-0.25, -0.2) is 0 Å². The highest BCUT2D eigenvalue weighted by Crippen LogP contribution is 2.63. The van der Waals surface area contributed by atoms with Gasteiger partial charge in [0.2, 0.25) is 6.79 Å². The van der Waals surface area contributed by atoms with E-state index in [9.17, 15) is 25.1 Å². The van der Waals surface area contributed by atoms with Gasteiger partial charge in [-0.1, -0.05) is 6.07 Å². The van der Waals surface area contributed by atoms with Gasteiger partial charge in [0.1, 0.15) is 18.4 Å².